The number of benzene rings is 1. The maximum Gasteiger partial charge on any atom is 0.254 e. The third-order valence-electron chi connectivity index (χ3n) is 2.80. The molecule has 2 N–H and O–H groups in total. The number of nitrogens with two attached hydrogens (primary N) is 1. The van der Waals surface area contributed by atoms with Gasteiger partial charge in [0.1, 0.15) is 5.52 Å². The summed E-state index contributed by atoms with van der Waals surface area (Å²) in [5, 5.41) is 2.31. The highest BCUT2D eigenvalue weighted by Crippen LogP contribution is 2.21. The Morgan fingerprint density at radius 1 is 1.36 bits per heavy atom. The Bertz CT molecular complexity index is 410. The van der Waals surface area contributed by atoms with E-state index in [0.717, 1.165) is 17.0 Å². The minimum Gasteiger partial charge on any atom is -0.435 e. The second-order valence-electron chi connectivity index (χ2n) is 3.79. The van der Waals surface area contributed by atoms with Crippen LogP contribution in [0.3, 0.4) is 0 Å². The summed E-state index contributed by atoms with van der Waals surface area (Å²) in [6.07, 6.45) is 2.45. The maximum absolute atomic E-state index is 5.71. The van der Waals surface area contributed by atoms with E-state index < -0.39 is 0 Å². The molecule has 1 aliphatic rings. The van der Waals surface area contributed by atoms with Gasteiger partial charge < -0.3 is 9.73 Å². The van der Waals surface area contributed by atoms with Crippen molar-refractivity contribution >= 4 is 11.1 Å². The molecule has 1 aromatic heterocycles. The van der Waals surface area contributed by atoms with Crippen molar-refractivity contribution < 1.29 is 9.73 Å². The summed E-state index contributed by atoms with van der Waals surface area (Å²) in [5.74, 6) is 0.892. The van der Waals surface area contributed by atoms with E-state index in [9.17, 15) is 0 Å². The van der Waals surface area contributed by atoms with Crippen LogP contribution < -0.4 is 5.32 Å². The van der Waals surface area contributed by atoms with Crippen molar-refractivity contribution in [3.05, 3.63) is 30.2 Å². The molecule has 3 rings (SSSR count). The van der Waals surface area contributed by atoms with Crippen LogP contribution in [0.15, 0.2) is 28.7 Å². The van der Waals surface area contributed by atoms with Crippen molar-refractivity contribution in [1.82, 2.24) is 4.98 Å². The second kappa shape index (κ2) is 3.10. The number of nitrogens with zero attached hydrogens (tertiary/aromatic N) is 1. The van der Waals surface area contributed by atoms with Gasteiger partial charge in [0.15, 0.2) is 11.6 Å². The monoisotopic (exact) mass is 189 g/mol. The molecule has 0 radical (unpaired) electrons. The maximum atomic E-state index is 5.71. The third kappa shape index (κ3) is 1.21. The number of oxazole rings is 1. The van der Waals surface area contributed by atoms with Crippen LogP contribution in [-0.2, 0) is 0 Å². The number of quaternary nitrogens is 1. The number of hydrogen-bond acceptors (Lipinski definition) is 2. The minimum absolute atomic E-state index is 0.447. The molecular formula is C11H13N2O+. The Hall–Kier alpha value is -1.35. The van der Waals surface area contributed by atoms with E-state index in [1.165, 1.54) is 19.4 Å². The summed E-state index contributed by atoms with van der Waals surface area (Å²) < 4.78 is 5.71. The van der Waals surface area contributed by atoms with Crippen LogP contribution in [0.1, 0.15) is 24.8 Å². The molecule has 0 bridgehead atoms. The summed E-state index contributed by atoms with van der Waals surface area (Å²) >= 11 is 0. The van der Waals surface area contributed by atoms with Gasteiger partial charge in [-0.15, -0.1) is 0 Å². The number of rotatable bonds is 1. The first kappa shape index (κ1) is 8.00. The molecular weight excluding hydrogens is 176 g/mol. The highest BCUT2D eigenvalue weighted by Gasteiger charge is 2.25. The molecule has 1 saturated heterocycles. The highest BCUT2D eigenvalue weighted by atomic mass is 16.3. The average Bonchev–Trinajstić information content (AvgIpc) is 2.86. The van der Waals surface area contributed by atoms with Gasteiger partial charge in [-0.25, -0.2) is 4.98 Å². The van der Waals surface area contributed by atoms with Crippen molar-refractivity contribution in [3.8, 4) is 0 Å². The Labute approximate surface area is 82.1 Å². The van der Waals surface area contributed by atoms with Crippen LogP contribution in [-0.4, -0.2) is 11.5 Å². The van der Waals surface area contributed by atoms with Gasteiger partial charge in [0.05, 0.1) is 6.54 Å². The molecule has 0 saturated carbocycles. The zero-order valence-electron chi connectivity index (χ0n) is 7.94. The standard InChI is InChI=1S/C11H12N2O/c1-2-6-10-8(4-1)13-11(14-10)9-5-3-7-12-9/h1-2,4,6,9,12H,3,5,7H2/p+1/t9-/m0/s1. The van der Waals surface area contributed by atoms with E-state index in [4.69, 9.17) is 4.42 Å². The minimum atomic E-state index is 0.447. The summed E-state index contributed by atoms with van der Waals surface area (Å²) in [6.45, 7) is 1.20. The SMILES string of the molecule is c1ccc2oc([C@@H]3CCC[NH2+]3)nc2c1. The lowest BCUT2D eigenvalue weighted by atomic mass is 10.2. The van der Waals surface area contributed by atoms with Crippen LogP contribution in [0, 0.1) is 0 Å². The average molecular weight is 189 g/mol. The number of hydrogen-bond donors (Lipinski definition) is 1. The molecule has 3 heteroatoms. The Balaban J connectivity index is 2.05. The highest BCUT2D eigenvalue weighted by molar-refractivity contribution is 5.72. The van der Waals surface area contributed by atoms with E-state index in [0.29, 0.717) is 6.04 Å². The van der Waals surface area contributed by atoms with E-state index in [-0.39, 0.29) is 0 Å². The van der Waals surface area contributed by atoms with Crippen molar-refractivity contribution in [2.24, 2.45) is 0 Å². The first-order valence-corrected chi connectivity index (χ1v) is 5.12. The molecule has 14 heavy (non-hydrogen) atoms. The normalized spacial score (nSPS) is 21.9. The number of para-hydroxylation sites is 2. The second-order valence-corrected chi connectivity index (χ2v) is 3.79. The summed E-state index contributed by atoms with van der Waals surface area (Å²) in [4.78, 5) is 4.50. The predicted octanol–water partition coefficient (Wildman–Crippen LogP) is 1.23. The zero-order valence-corrected chi connectivity index (χ0v) is 7.94. The summed E-state index contributed by atoms with van der Waals surface area (Å²) in [5.41, 5.74) is 1.88. The van der Waals surface area contributed by atoms with E-state index in [2.05, 4.69) is 10.3 Å². The lowest BCUT2D eigenvalue weighted by molar-refractivity contribution is -0.678. The molecule has 72 valence electrons. The first-order valence-electron chi connectivity index (χ1n) is 5.12. The fourth-order valence-electron chi connectivity index (χ4n) is 2.05. The lowest BCUT2D eigenvalue weighted by Gasteiger charge is -1.98. The van der Waals surface area contributed by atoms with E-state index in [1.54, 1.807) is 0 Å². The topological polar surface area (TPSA) is 42.6 Å². The molecule has 1 aromatic carbocycles. The molecule has 2 heterocycles. The number of aromatic nitrogens is 1. The van der Waals surface area contributed by atoms with Gasteiger partial charge in [-0.2, -0.15) is 0 Å². The van der Waals surface area contributed by atoms with Crippen LogP contribution in [0.25, 0.3) is 11.1 Å². The third-order valence-corrected chi connectivity index (χ3v) is 2.80. The predicted molar refractivity (Wildman–Crippen MR) is 52.8 cm³/mol. The quantitative estimate of drug-likeness (QED) is 0.733. The van der Waals surface area contributed by atoms with Gasteiger partial charge in [-0.3, -0.25) is 0 Å². The van der Waals surface area contributed by atoms with Crippen LogP contribution >= 0.6 is 0 Å². The van der Waals surface area contributed by atoms with Gasteiger partial charge in [0.2, 0.25) is 0 Å². The molecule has 1 fully saturated rings. The summed E-state index contributed by atoms with van der Waals surface area (Å²) in [7, 11) is 0. The van der Waals surface area contributed by atoms with Crippen LogP contribution in [0.5, 0.6) is 0 Å². The van der Waals surface area contributed by atoms with Gasteiger partial charge in [-0.05, 0) is 12.1 Å². The summed E-state index contributed by atoms with van der Waals surface area (Å²) in [6, 6.07) is 8.39. The largest absolute Gasteiger partial charge is 0.435 e. The van der Waals surface area contributed by atoms with E-state index >= 15 is 0 Å². The fraction of sp³-hybridized carbons (Fsp3) is 0.364. The molecule has 0 aliphatic carbocycles. The smallest absolute Gasteiger partial charge is 0.254 e. The zero-order chi connectivity index (χ0) is 9.38. The van der Waals surface area contributed by atoms with Gasteiger partial charge >= 0.3 is 0 Å². The molecule has 3 nitrogen and oxygen atoms in total. The molecule has 0 unspecified atom stereocenters. The fourth-order valence-corrected chi connectivity index (χ4v) is 2.05. The van der Waals surface area contributed by atoms with Crippen molar-refractivity contribution in [2.75, 3.05) is 6.54 Å². The van der Waals surface area contributed by atoms with Crippen LogP contribution in [0.4, 0.5) is 0 Å². The molecule has 1 atom stereocenters. The van der Waals surface area contributed by atoms with Gasteiger partial charge in [0.25, 0.3) is 5.89 Å². The first-order chi connectivity index (χ1) is 6.93. The molecule has 0 spiro atoms. The molecule has 0 amide bonds. The Kier molecular flexibility index (Phi) is 1.77. The lowest BCUT2D eigenvalue weighted by Crippen LogP contribution is -2.81. The van der Waals surface area contributed by atoms with Gasteiger partial charge in [-0.1, -0.05) is 12.1 Å². The molecule has 2 aromatic rings. The number of fused-ring (bicyclic) bond motifs is 1. The molecule has 1 aliphatic heterocycles. The van der Waals surface area contributed by atoms with Gasteiger partial charge in [0, 0.05) is 12.8 Å². The van der Waals surface area contributed by atoms with Crippen molar-refractivity contribution in [1.29, 1.82) is 0 Å². The Morgan fingerprint density at radius 2 is 2.29 bits per heavy atom. The van der Waals surface area contributed by atoms with E-state index in [1.807, 2.05) is 24.3 Å². The van der Waals surface area contributed by atoms with Crippen LogP contribution in [0.2, 0.25) is 0 Å². The van der Waals surface area contributed by atoms with Crippen molar-refractivity contribution in [2.45, 2.75) is 18.9 Å². The Morgan fingerprint density at radius 3 is 3.07 bits per heavy atom. The van der Waals surface area contributed by atoms with Crippen molar-refractivity contribution in [3.63, 3.8) is 0 Å².